The minimum Gasteiger partial charge on any atom is -0.291 e. The van der Waals surface area contributed by atoms with Crippen molar-refractivity contribution in [3.05, 3.63) is 0 Å². The summed E-state index contributed by atoms with van der Waals surface area (Å²) < 4.78 is 12.1. The van der Waals surface area contributed by atoms with E-state index >= 15 is 0 Å². The van der Waals surface area contributed by atoms with Gasteiger partial charge in [-0.25, -0.2) is 4.39 Å². The molecule has 0 amide bonds. The van der Waals surface area contributed by atoms with Crippen molar-refractivity contribution in [1.82, 2.24) is 0 Å². The second kappa shape index (κ2) is 1.60. The topological polar surface area (TPSA) is 12.4 Å². The van der Waals surface area contributed by atoms with E-state index in [2.05, 4.69) is 4.99 Å². The lowest BCUT2D eigenvalue weighted by Gasteiger charge is -1.88. The van der Waals surface area contributed by atoms with Crippen molar-refractivity contribution < 1.29 is 4.39 Å². The number of hydrogen-bond donors (Lipinski definition) is 0. The molecule has 0 aromatic carbocycles. The number of hydrogen-bond acceptors (Lipinski definition) is 1. The van der Waals surface area contributed by atoms with Gasteiger partial charge in [0, 0.05) is 12.1 Å². The SMILES string of the molecule is CC1=NC[C@@H](F)C1. The van der Waals surface area contributed by atoms with Crippen molar-refractivity contribution in [1.29, 1.82) is 0 Å². The van der Waals surface area contributed by atoms with E-state index in [1.54, 1.807) is 0 Å². The van der Waals surface area contributed by atoms with Gasteiger partial charge < -0.3 is 0 Å². The Kier molecular flexibility index (Phi) is 1.09. The summed E-state index contributed by atoms with van der Waals surface area (Å²) in [4.78, 5) is 3.86. The Balaban J connectivity index is 2.42. The van der Waals surface area contributed by atoms with Crippen molar-refractivity contribution in [3.8, 4) is 0 Å². The van der Waals surface area contributed by atoms with Gasteiger partial charge in [0.2, 0.25) is 0 Å². The second-order valence-corrected chi connectivity index (χ2v) is 1.88. The molecule has 0 aliphatic carbocycles. The molecule has 1 nitrogen and oxygen atoms in total. The monoisotopic (exact) mass is 101 g/mol. The Bertz CT molecular complexity index is 98.3. The van der Waals surface area contributed by atoms with E-state index in [-0.39, 0.29) is 0 Å². The van der Waals surface area contributed by atoms with E-state index in [1.165, 1.54) is 0 Å². The lowest BCUT2D eigenvalue weighted by atomic mass is 10.2. The molecular weight excluding hydrogens is 93.1 g/mol. The minimum atomic E-state index is -0.681. The van der Waals surface area contributed by atoms with Crippen LogP contribution in [0, 0.1) is 0 Å². The van der Waals surface area contributed by atoms with Gasteiger partial charge in [-0.2, -0.15) is 0 Å². The molecule has 0 saturated carbocycles. The van der Waals surface area contributed by atoms with Gasteiger partial charge in [0.15, 0.2) is 0 Å². The molecule has 0 fully saturated rings. The van der Waals surface area contributed by atoms with Crippen LogP contribution in [-0.4, -0.2) is 18.4 Å². The summed E-state index contributed by atoms with van der Waals surface area (Å²) in [6.45, 7) is 2.26. The summed E-state index contributed by atoms with van der Waals surface area (Å²) in [5.41, 5.74) is 0.951. The molecule has 0 bridgehead atoms. The van der Waals surface area contributed by atoms with Crippen LogP contribution in [0.2, 0.25) is 0 Å². The third-order valence-electron chi connectivity index (χ3n) is 1.08. The number of rotatable bonds is 0. The van der Waals surface area contributed by atoms with Gasteiger partial charge in [-0.15, -0.1) is 0 Å². The van der Waals surface area contributed by atoms with Crippen LogP contribution in [0.15, 0.2) is 4.99 Å². The molecule has 0 spiro atoms. The molecule has 0 aromatic rings. The molecule has 0 aromatic heterocycles. The van der Waals surface area contributed by atoms with E-state index in [0.717, 1.165) is 5.71 Å². The Morgan fingerprint density at radius 1 is 1.86 bits per heavy atom. The molecule has 0 unspecified atom stereocenters. The summed E-state index contributed by atoms with van der Waals surface area (Å²) in [6.07, 6.45) is -0.125. The normalized spacial score (nSPS) is 30.6. The summed E-state index contributed by atoms with van der Waals surface area (Å²) in [7, 11) is 0. The van der Waals surface area contributed by atoms with E-state index in [1.807, 2.05) is 6.92 Å². The van der Waals surface area contributed by atoms with Crippen molar-refractivity contribution >= 4 is 5.71 Å². The van der Waals surface area contributed by atoms with Crippen molar-refractivity contribution in [2.45, 2.75) is 19.5 Å². The van der Waals surface area contributed by atoms with Crippen LogP contribution in [0.25, 0.3) is 0 Å². The number of nitrogens with zero attached hydrogens (tertiary/aromatic N) is 1. The number of aliphatic imine (C=N–C) groups is 1. The molecule has 7 heavy (non-hydrogen) atoms. The second-order valence-electron chi connectivity index (χ2n) is 1.88. The maximum absolute atomic E-state index is 12.1. The average Bonchev–Trinajstić information content (AvgIpc) is 1.87. The van der Waals surface area contributed by atoms with E-state index in [0.29, 0.717) is 13.0 Å². The van der Waals surface area contributed by atoms with Crippen LogP contribution in [-0.2, 0) is 0 Å². The molecule has 2 heteroatoms. The highest BCUT2D eigenvalue weighted by Crippen LogP contribution is 2.07. The first-order valence-electron chi connectivity index (χ1n) is 2.43. The van der Waals surface area contributed by atoms with Crippen LogP contribution in [0.4, 0.5) is 4.39 Å². The number of halogens is 1. The molecule has 1 aliphatic heterocycles. The van der Waals surface area contributed by atoms with E-state index in [9.17, 15) is 4.39 Å². The molecule has 1 aliphatic rings. The van der Waals surface area contributed by atoms with E-state index in [4.69, 9.17) is 0 Å². The highest BCUT2D eigenvalue weighted by Gasteiger charge is 2.12. The summed E-state index contributed by atoms with van der Waals surface area (Å²) in [5.74, 6) is 0. The van der Waals surface area contributed by atoms with E-state index < -0.39 is 6.17 Å². The van der Waals surface area contributed by atoms with Crippen molar-refractivity contribution in [2.24, 2.45) is 4.99 Å². The third-order valence-corrected chi connectivity index (χ3v) is 1.08. The maximum atomic E-state index is 12.1. The number of alkyl halides is 1. The molecule has 40 valence electrons. The van der Waals surface area contributed by atoms with Gasteiger partial charge in [0.25, 0.3) is 0 Å². The van der Waals surface area contributed by atoms with Crippen molar-refractivity contribution in [3.63, 3.8) is 0 Å². The van der Waals surface area contributed by atoms with Crippen LogP contribution < -0.4 is 0 Å². The van der Waals surface area contributed by atoms with Gasteiger partial charge >= 0.3 is 0 Å². The molecule has 1 atom stereocenters. The summed E-state index contributed by atoms with van der Waals surface area (Å²) in [6, 6.07) is 0. The first-order chi connectivity index (χ1) is 3.29. The third kappa shape index (κ3) is 0.981. The van der Waals surface area contributed by atoms with Crippen LogP contribution in [0.1, 0.15) is 13.3 Å². The standard InChI is InChI=1S/C5H8FN/c1-4-2-5(6)3-7-4/h5H,2-3H2,1H3/t5-/m0/s1. The predicted molar refractivity (Wildman–Crippen MR) is 27.5 cm³/mol. The van der Waals surface area contributed by atoms with Gasteiger partial charge in [-0.05, 0) is 6.92 Å². The lowest BCUT2D eigenvalue weighted by Crippen LogP contribution is -1.97. The fraction of sp³-hybridized carbons (Fsp3) is 0.800. The largest absolute Gasteiger partial charge is 0.291 e. The smallest absolute Gasteiger partial charge is 0.125 e. The van der Waals surface area contributed by atoms with Crippen LogP contribution in [0.3, 0.4) is 0 Å². The van der Waals surface area contributed by atoms with Gasteiger partial charge in [-0.3, -0.25) is 4.99 Å². The lowest BCUT2D eigenvalue weighted by molar-refractivity contribution is 0.367. The zero-order valence-electron chi connectivity index (χ0n) is 4.32. The highest BCUT2D eigenvalue weighted by atomic mass is 19.1. The first-order valence-corrected chi connectivity index (χ1v) is 2.43. The summed E-state index contributed by atoms with van der Waals surface area (Å²) in [5, 5.41) is 0. The van der Waals surface area contributed by atoms with Gasteiger partial charge in [0.1, 0.15) is 6.17 Å². The predicted octanol–water partition coefficient (Wildman–Crippen LogP) is 1.19. The minimum absolute atomic E-state index is 0.395. The molecule has 0 saturated heterocycles. The van der Waals surface area contributed by atoms with Crippen LogP contribution in [0.5, 0.6) is 0 Å². The Labute approximate surface area is 42.3 Å². The maximum Gasteiger partial charge on any atom is 0.125 e. The average molecular weight is 101 g/mol. The van der Waals surface area contributed by atoms with Gasteiger partial charge in [-0.1, -0.05) is 0 Å². The highest BCUT2D eigenvalue weighted by molar-refractivity contribution is 5.83. The Morgan fingerprint density at radius 2 is 2.57 bits per heavy atom. The molecule has 0 radical (unpaired) electrons. The molecule has 1 heterocycles. The summed E-state index contributed by atoms with van der Waals surface area (Å²) >= 11 is 0. The zero-order valence-corrected chi connectivity index (χ0v) is 4.32. The quantitative estimate of drug-likeness (QED) is 0.434. The molecule has 1 rings (SSSR count). The Morgan fingerprint density at radius 3 is 2.71 bits per heavy atom. The first kappa shape index (κ1) is 4.75. The molecule has 0 N–H and O–H groups in total. The fourth-order valence-electron chi connectivity index (χ4n) is 0.705. The van der Waals surface area contributed by atoms with Crippen LogP contribution >= 0.6 is 0 Å². The zero-order chi connectivity index (χ0) is 5.28. The van der Waals surface area contributed by atoms with Crippen molar-refractivity contribution in [2.75, 3.05) is 6.54 Å². The van der Waals surface area contributed by atoms with Gasteiger partial charge in [0.05, 0.1) is 6.54 Å². The fourth-order valence-corrected chi connectivity index (χ4v) is 0.705. The Hall–Kier alpha value is -0.400. The molecular formula is C5H8FN.